The van der Waals surface area contributed by atoms with Crippen molar-refractivity contribution in [2.24, 2.45) is 0 Å². The van der Waals surface area contributed by atoms with Gasteiger partial charge in [0.25, 0.3) is 0 Å². The Bertz CT molecular complexity index is 545. The Balaban J connectivity index is 2.01. The minimum absolute atomic E-state index is 0.139. The van der Waals surface area contributed by atoms with Crippen molar-refractivity contribution in [2.75, 3.05) is 0 Å². The zero-order chi connectivity index (χ0) is 12.8. The topological polar surface area (TPSA) is 91.8 Å². The molecule has 0 spiro atoms. The second-order valence-electron chi connectivity index (χ2n) is 3.54. The molecule has 0 saturated heterocycles. The molecule has 2 aromatic rings. The third kappa shape index (κ3) is 2.71. The lowest BCUT2D eigenvalue weighted by Crippen LogP contribution is -2.28. The number of hydrogen-bond donors (Lipinski definition) is 1. The largest absolute Gasteiger partial charge is 0.347 e. The normalized spacial score (nSPS) is 11.5. The third-order valence-electron chi connectivity index (χ3n) is 2.35. The van der Waals surface area contributed by atoms with Crippen molar-refractivity contribution < 1.29 is 9.32 Å². The van der Waals surface area contributed by atoms with E-state index in [1.165, 1.54) is 6.39 Å². The predicted molar refractivity (Wildman–Crippen MR) is 60.9 cm³/mol. The molecule has 0 aliphatic carbocycles. The van der Waals surface area contributed by atoms with Gasteiger partial charge in [0.15, 0.2) is 5.82 Å². The van der Waals surface area contributed by atoms with Gasteiger partial charge in [0.05, 0.1) is 12.6 Å². The lowest BCUT2D eigenvalue weighted by atomic mass is 10.00. The van der Waals surface area contributed by atoms with E-state index in [2.05, 4.69) is 20.0 Å². The van der Waals surface area contributed by atoms with Crippen LogP contribution in [0.15, 0.2) is 41.2 Å². The molecule has 1 amide bonds. The van der Waals surface area contributed by atoms with Crippen molar-refractivity contribution in [3.05, 3.63) is 48.1 Å². The second-order valence-corrected chi connectivity index (χ2v) is 3.54. The molecule has 2 rings (SSSR count). The van der Waals surface area contributed by atoms with E-state index in [1.807, 2.05) is 12.1 Å². The number of hydrogen-bond acceptors (Lipinski definition) is 5. The molecule has 0 aliphatic rings. The number of carbonyl (C=O) groups excluding carboxylic acids is 1. The smallest absolute Gasteiger partial charge is 0.242 e. The maximum absolute atomic E-state index is 11.9. The van der Waals surface area contributed by atoms with Gasteiger partial charge < -0.3 is 9.84 Å². The zero-order valence-corrected chi connectivity index (χ0v) is 9.41. The lowest BCUT2D eigenvalue weighted by molar-refractivity contribution is -0.121. The van der Waals surface area contributed by atoms with Gasteiger partial charge in [-0.15, -0.1) is 0 Å². The van der Waals surface area contributed by atoms with Crippen LogP contribution in [0, 0.1) is 11.3 Å². The number of amides is 1. The molecule has 1 aromatic heterocycles. The Morgan fingerprint density at radius 3 is 2.83 bits per heavy atom. The highest BCUT2D eigenvalue weighted by Crippen LogP contribution is 2.14. The van der Waals surface area contributed by atoms with Gasteiger partial charge in [-0.1, -0.05) is 35.5 Å². The fourth-order valence-electron chi connectivity index (χ4n) is 1.47. The van der Waals surface area contributed by atoms with Crippen LogP contribution in [-0.2, 0) is 11.3 Å². The molecule has 1 aromatic carbocycles. The van der Waals surface area contributed by atoms with Gasteiger partial charge in [0.1, 0.15) is 5.92 Å². The number of nitrogens with zero attached hydrogens (tertiary/aromatic N) is 3. The van der Waals surface area contributed by atoms with Crippen molar-refractivity contribution >= 4 is 5.91 Å². The van der Waals surface area contributed by atoms with E-state index in [-0.39, 0.29) is 12.5 Å². The molecule has 18 heavy (non-hydrogen) atoms. The summed E-state index contributed by atoms with van der Waals surface area (Å²) in [4.78, 5) is 15.6. The number of nitriles is 1. The molecule has 0 fully saturated rings. The molecule has 0 saturated carbocycles. The van der Waals surface area contributed by atoms with Crippen molar-refractivity contribution in [1.29, 1.82) is 5.26 Å². The van der Waals surface area contributed by atoms with Gasteiger partial charge in [-0.25, -0.2) is 0 Å². The maximum Gasteiger partial charge on any atom is 0.242 e. The summed E-state index contributed by atoms with van der Waals surface area (Å²) in [6.07, 6.45) is 1.18. The molecule has 1 unspecified atom stereocenters. The van der Waals surface area contributed by atoms with Crippen LogP contribution < -0.4 is 5.32 Å². The zero-order valence-electron chi connectivity index (χ0n) is 9.41. The van der Waals surface area contributed by atoms with Crippen LogP contribution in [0.4, 0.5) is 0 Å². The van der Waals surface area contributed by atoms with Crippen LogP contribution in [-0.4, -0.2) is 16.0 Å². The number of benzene rings is 1. The Labute approximate surface area is 103 Å². The fourth-order valence-corrected chi connectivity index (χ4v) is 1.47. The first-order valence-corrected chi connectivity index (χ1v) is 5.29. The van der Waals surface area contributed by atoms with Gasteiger partial charge in [-0.05, 0) is 5.56 Å². The third-order valence-corrected chi connectivity index (χ3v) is 2.35. The first-order chi connectivity index (χ1) is 8.81. The molecule has 0 aliphatic heterocycles. The second kappa shape index (κ2) is 5.59. The summed E-state index contributed by atoms with van der Waals surface area (Å²) in [6.45, 7) is 0.139. The molecular formula is C12H10N4O2. The number of aromatic nitrogens is 2. The van der Waals surface area contributed by atoms with Gasteiger partial charge in [0.2, 0.25) is 12.3 Å². The van der Waals surface area contributed by atoms with E-state index in [0.717, 1.165) is 0 Å². The summed E-state index contributed by atoms with van der Waals surface area (Å²) < 4.78 is 4.54. The quantitative estimate of drug-likeness (QED) is 0.863. The van der Waals surface area contributed by atoms with Gasteiger partial charge in [-0.2, -0.15) is 10.2 Å². The summed E-state index contributed by atoms with van der Waals surface area (Å²) in [5.74, 6) is -0.847. The van der Waals surface area contributed by atoms with Gasteiger partial charge in [0, 0.05) is 0 Å². The maximum atomic E-state index is 11.9. The highest BCUT2D eigenvalue weighted by atomic mass is 16.5. The number of carbonyl (C=O) groups is 1. The fraction of sp³-hybridized carbons (Fsp3) is 0.167. The van der Waals surface area contributed by atoms with E-state index >= 15 is 0 Å². The van der Waals surface area contributed by atoms with Crippen LogP contribution in [0.2, 0.25) is 0 Å². The first-order valence-electron chi connectivity index (χ1n) is 5.29. The molecular weight excluding hydrogens is 232 g/mol. The van der Waals surface area contributed by atoms with Crippen LogP contribution in [0.25, 0.3) is 0 Å². The summed E-state index contributed by atoms with van der Waals surface area (Å²) >= 11 is 0. The minimum Gasteiger partial charge on any atom is -0.347 e. The summed E-state index contributed by atoms with van der Waals surface area (Å²) in [5, 5.41) is 15.2. The Kier molecular flexibility index (Phi) is 3.66. The molecule has 1 atom stereocenters. The number of rotatable bonds is 4. The van der Waals surface area contributed by atoms with Crippen LogP contribution in [0.5, 0.6) is 0 Å². The standard InChI is InChI=1S/C12H10N4O2/c13-6-10(9-4-2-1-3-5-9)12(17)14-7-11-15-8-18-16-11/h1-5,8,10H,7H2,(H,14,17). The molecule has 1 N–H and O–H groups in total. The highest BCUT2D eigenvalue weighted by Gasteiger charge is 2.19. The Morgan fingerprint density at radius 1 is 1.44 bits per heavy atom. The number of nitrogens with one attached hydrogen (secondary N) is 1. The SMILES string of the molecule is N#CC(C(=O)NCc1ncon1)c1ccccc1. The summed E-state index contributed by atoms with van der Waals surface area (Å²) in [5.41, 5.74) is 0.658. The van der Waals surface area contributed by atoms with E-state index in [9.17, 15) is 4.79 Å². The van der Waals surface area contributed by atoms with E-state index in [4.69, 9.17) is 5.26 Å². The monoisotopic (exact) mass is 242 g/mol. The lowest BCUT2D eigenvalue weighted by Gasteiger charge is -2.08. The summed E-state index contributed by atoms with van der Waals surface area (Å²) in [7, 11) is 0. The Morgan fingerprint density at radius 2 is 2.22 bits per heavy atom. The van der Waals surface area contributed by atoms with E-state index < -0.39 is 5.92 Å². The van der Waals surface area contributed by atoms with Crippen LogP contribution in [0.3, 0.4) is 0 Å². The highest BCUT2D eigenvalue weighted by molar-refractivity contribution is 5.86. The van der Waals surface area contributed by atoms with E-state index in [1.54, 1.807) is 24.3 Å². The van der Waals surface area contributed by atoms with Crippen molar-refractivity contribution in [2.45, 2.75) is 12.5 Å². The minimum atomic E-state index is -0.835. The average molecular weight is 242 g/mol. The molecule has 0 radical (unpaired) electrons. The summed E-state index contributed by atoms with van der Waals surface area (Å²) in [6, 6.07) is 10.8. The average Bonchev–Trinajstić information content (AvgIpc) is 2.92. The molecule has 90 valence electrons. The van der Waals surface area contributed by atoms with Crippen LogP contribution in [0.1, 0.15) is 17.3 Å². The Hall–Kier alpha value is -2.68. The molecule has 6 heteroatoms. The van der Waals surface area contributed by atoms with E-state index in [0.29, 0.717) is 11.4 Å². The van der Waals surface area contributed by atoms with Gasteiger partial charge >= 0.3 is 0 Å². The molecule has 0 bridgehead atoms. The van der Waals surface area contributed by atoms with Crippen molar-refractivity contribution in [3.8, 4) is 6.07 Å². The van der Waals surface area contributed by atoms with Crippen molar-refractivity contribution in [1.82, 2.24) is 15.5 Å². The van der Waals surface area contributed by atoms with Crippen molar-refractivity contribution in [3.63, 3.8) is 0 Å². The first kappa shape index (κ1) is 11.8. The predicted octanol–water partition coefficient (Wildman–Crippen LogP) is 0.993. The van der Waals surface area contributed by atoms with Gasteiger partial charge in [-0.3, -0.25) is 4.79 Å². The molecule has 6 nitrogen and oxygen atoms in total. The molecule has 1 heterocycles. The van der Waals surface area contributed by atoms with Crippen LogP contribution >= 0.6 is 0 Å².